The Kier molecular flexibility index (Phi) is 6.71. The minimum Gasteiger partial charge on any atom is -0.469 e. The number of carbonyl (C=O) groups is 1. The molecule has 1 aliphatic rings. The van der Waals surface area contributed by atoms with Crippen molar-refractivity contribution in [2.75, 3.05) is 44.7 Å². The Bertz CT molecular complexity index is 1210. The summed E-state index contributed by atoms with van der Waals surface area (Å²) in [7, 11) is 1.31. The predicted molar refractivity (Wildman–Crippen MR) is 122 cm³/mol. The predicted octanol–water partition coefficient (Wildman–Crippen LogP) is 1.75. The number of hydrogen-bond donors (Lipinski definition) is 0. The summed E-state index contributed by atoms with van der Waals surface area (Å²) >= 11 is 1.36. The molecular weight excluding hydrogens is 435 g/mol. The molecule has 10 heteroatoms. The molecule has 3 heterocycles. The molecule has 0 atom stereocenters. The van der Waals surface area contributed by atoms with Crippen LogP contribution in [0.4, 0.5) is 10.1 Å². The summed E-state index contributed by atoms with van der Waals surface area (Å²) in [6.45, 7) is 4.14. The maximum Gasteiger partial charge on any atom is 0.331 e. The van der Waals surface area contributed by atoms with Crippen LogP contribution >= 0.6 is 11.3 Å². The van der Waals surface area contributed by atoms with Crippen LogP contribution in [0.25, 0.3) is 10.9 Å². The molecule has 0 saturated carbocycles. The van der Waals surface area contributed by atoms with Crippen molar-refractivity contribution in [2.24, 2.45) is 0 Å². The Morgan fingerprint density at radius 2 is 1.72 bits per heavy atom. The van der Waals surface area contributed by atoms with Gasteiger partial charge < -0.3 is 9.64 Å². The number of aryl methyl sites for hydroxylation is 1. The molecule has 0 bridgehead atoms. The summed E-state index contributed by atoms with van der Waals surface area (Å²) in [5.41, 5.74) is 0.831. The molecule has 1 aromatic carbocycles. The number of piperazine rings is 1. The van der Waals surface area contributed by atoms with Gasteiger partial charge in [-0.25, -0.2) is 9.18 Å². The Labute approximate surface area is 188 Å². The van der Waals surface area contributed by atoms with Gasteiger partial charge in [-0.2, -0.15) is 0 Å². The SMILES string of the molecule is COC(=O)CCn1c(=O)n(CCN2CCN(c3ccc(F)cc3)CC2)c(=O)c2cscc21. The molecule has 170 valence electrons. The lowest BCUT2D eigenvalue weighted by Crippen LogP contribution is -2.49. The third-order valence-electron chi connectivity index (χ3n) is 5.84. The van der Waals surface area contributed by atoms with E-state index in [1.165, 1.54) is 39.7 Å². The van der Waals surface area contributed by atoms with Gasteiger partial charge in [-0.3, -0.25) is 23.6 Å². The van der Waals surface area contributed by atoms with E-state index in [4.69, 9.17) is 0 Å². The minimum atomic E-state index is -0.408. The minimum absolute atomic E-state index is 0.0604. The van der Waals surface area contributed by atoms with Crippen molar-refractivity contribution in [1.82, 2.24) is 14.0 Å². The molecule has 8 nitrogen and oxygen atoms in total. The monoisotopic (exact) mass is 460 g/mol. The highest BCUT2D eigenvalue weighted by Gasteiger charge is 2.19. The molecule has 3 aromatic rings. The van der Waals surface area contributed by atoms with Crippen molar-refractivity contribution < 1.29 is 13.9 Å². The second-order valence-corrected chi connectivity index (χ2v) is 8.44. The zero-order valence-corrected chi connectivity index (χ0v) is 18.6. The second-order valence-electron chi connectivity index (χ2n) is 7.69. The quantitative estimate of drug-likeness (QED) is 0.500. The number of aromatic nitrogens is 2. The topological polar surface area (TPSA) is 76.8 Å². The molecule has 0 radical (unpaired) electrons. The summed E-state index contributed by atoms with van der Waals surface area (Å²) in [5.74, 6) is -0.658. The molecule has 1 aliphatic heterocycles. The Morgan fingerprint density at radius 1 is 1.00 bits per heavy atom. The smallest absolute Gasteiger partial charge is 0.331 e. The van der Waals surface area contributed by atoms with Crippen molar-refractivity contribution in [3.8, 4) is 0 Å². The van der Waals surface area contributed by atoms with Gasteiger partial charge in [0.15, 0.2) is 0 Å². The number of ether oxygens (including phenoxy) is 1. The number of esters is 1. The second kappa shape index (κ2) is 9.66. The first-order valence-electron chi connectivity index (χ1n) is 10.5. The van der Waals surface area contributed by atoms with Gasteiger partial charge in [0.05, 0.1) is 24.4 Å². The fourth-order valence-electron chi connectivity index (χ4n) is 3.98. The maximum atomic E-state index is 13.1. The van der Waals surface area contributed by atoms with Crippen molar-refractivity contribution in [3.05, 3.63) is 61.7 Å². The van der Waals surface area contributed by atoms with Crippen LogP contribution in [0.15, 0.2) is 44.6 Å². The maximum absolute atomic E-state index is 13.1. The van der Waals surface area contributed by atoms with E-state index in [0.717, 1.165) is 31.9 Å². The number of benzene rings is 1. The van der Waals surface area contributed by atoms with E-state index in [9.17, 15) is 18.8 Å². The van der Waals surface area contributed by atoms with E-state index in [-0.39, 0.29) is 30.9 Å². The molecule has 0 N–H and O–H groups in total. The third kappa shape index (κ3) is 4.61. The number of rotatable bonds is 7. The number of thiophene rings is 1. The Hall–Kier alpha value is -2.98. The standard InChI is InChI=1S/C22H25FN4O4S/c1-31-20(28)6-7-26-19-15-32-14-18(19)21(29)27(22(26)30)13-10-24-8-11-25(12-9-24)17-4-2-16(23)3-5-17/h2-5,14-15H,6-13H2,1H3. The number of carbonyl (C=O) groups excluding carboxylic acids is 1. The lowest BCUT2D eigenvalue weighted by molar-refractivity contribution is -0.140. The molecule has 2 aromatic heterocycles. The number of methoxy groups -OCH3 is 1. The van der Waals surface area contributed by atoms with Crippen LogP contribution in [-0.4, -0.2) is 59.8 Å². The van der Waals surface area contributed by atoms with Crippen LogP contribution in [0.2, 0.25) is 0 Å². The zero-order chi connectivity index (χ0) is 22.7. The van der Waals surface area contributed by atoms with Gasteiger partial charge in [0.2, 0.25) is 0 Å². The van der Waals surface area contributed by atoms with Gasteiger partial charge in [-0.1, -0.05) is 0 Å². The summed E-state index contributed by atoms with van der Waals surface area (Å²) in [6.07, 6.45) is 0.0604. The summed E-state index contributed by atoms with van der Waals surface area (Å²) in [4.78, 5) is 41.9. The largest absolute Gasteiger partial charge is 0.469 e. The first kappa shape index (κ1) is 22.2. The van der Waals surface area contributed by atoms with Gasteiger partial charge >= 0.3 is 11.7 Å². The fraction of sp³-hybridized carbons (Fsp3) is 0.409. The van der Waals surface area contributed by atoms with Gasteiger partial charge in [-0.05, 0) is 24.3 Å². The van der Waals surface area contributed by atoms with Crippen LogP contribution in [0, 0.1) is 5.82 Å². The highest BCUT2D eigenvalue weighted by atomic mass is 32.1. The van der Waals surface area contributed by atoms with Crippen LogP contribution in [0.3, 0.4) is 0 Å². The first-order chi connectivity index (χ1) is 15.5. The molecular formula is C22H25FN4O4S. The summed E-state index contributed by atoms with van der Waals surface area (Å²) < 4.78 is 20.6. The number of nitrogens with zero attached hydrogens (tertiary/aromatic N) is 4. The molecule has 0 spiro atoms. The Morgan fingerprint density at radius 3 is 2.41 bits per heavy atom. The van der Waals surface area contributed by atoms with Gasteiger partial charge in [0, 0.05) is 62.3 Å². The normalized spacial score (nSPS) is 14.8. The number of halogens is 1. The van der Waals surface area contributed by atoms with E-state index < -0.39 is 11.7 Å². The van der Waals surface area contributed by atoms with E-state index in [2.05, 4.69) is 14.5 Å². The molecule has 0 amide bonds. The van der Waals surface area contributed by atoms with Gasteiger partial charge in [0.25, 0.3) is 5.56 Å². The summed E-state index contributed by atoms with van der Waals surface area (Å²) in [6, 6.07) is 6.47. The van der Waals surface area contributed by atoms with E-state index in [1.807, 2.05) is 0 Å². The van der Waals surface area contributed by atoms with Crippen LogP contribution < -0.4 is 16.1 Å². The van der Waals surface area contributed by atoms with E-state index >= 15 is 0 Å². The van der Waals surface area contributed by atoms with Crippen molar-refractivity contribution in [2.45, 2.75) is 19.5 Å². The Balaban J connectivity index is 1.45. The summed E-state index contributed by atoms with van der Waals surface area (Å²) in [5, 5.41) is 3.98. The molecule has 1 fully saturated rings. The van der Waals surface area contributed by atoms with Crippen LogP contribution in [-0.2, 0) is 22.6 Å². The highest BCUT2D eigenvalue weighted by Crippen LogP contribution is 2.17. The van der Waals surface area contributed by atoms with Crippen molar-refractivity contribution >= 4 is 33.9 Å². The lowest BCUT2D eigenvalue weighted by atomic mass is 10.2. The number of anilines is 1. The van der Waals surface area contributed by atoms with Crippen molar-refractivity contribution in [3.63, 3.8) is 0 Å². The number of hydrogen-bond acceptors (Lipinski definition) is 7. The van der Waals surface area contributed by atoms with E-state index in [1.54, 1.807) is 22.9 Å². The zero-order valence-electron chi connectivity index (χ0n) is 17.8. The highest BCUT2D eigenvalue weighted by molar-refractivity contribution is 7.09. The lowest BCUT2D eigenvalue weighted by Gasteiger charge is -2.36. The van der Waals surface area contributed by atoms with Crippen LogP contribution in [0.1, 0.15) is 6.42 Å². The van der Waals surface area contributed by atoms with Crippen molar-refractivity contribution in [1.29, 1.82) is 0 Å². The molecule has 32 heavy (non-hydrogen) atoms. The molecule has 0 aliphatic carbocycles. The first-order valence-corrected chi connectivity index (χ1v) is 11.4. The fourth-order valence-corrected chi connectivity index (χ4v) is 4.79. The molecule has 4 rings (SSSR count). The molecule has 0 unspecified atom stereocenters. The van der Waals surface area contributed by atoms with Gasteiger partial charge in [0.1, 0.15) is 5.82 Å². The number of fused-ring (bicyclic) bond motifs is 1. The van der Waals surface area contributed by atoms with E-state index in [0.29, 0.717) is 17.4 Å². The average Bonchev–Trinajstić information content (AvgIpc) is 3.29. The van der Waals surface area contributed by atoms with Crippen LogP contribution in [0.5, 0.6) is 0 Å². The average molecular weight is 461 g/mol. The van der Waals surface area contributed by atoms with Gasteiger partial charge in [-0.15, -0.1) is 11.3 Å². The third-order valence-corrected chi connectivity index (χ3v) is 6.57. The molecule has 1 saturated heterocycles.